The molecule has 0 atom stereocenters. The second kappa shape index (κ2) is 10.2. The lowest BCUT2D eigenvalue weighted by Crippen LogP contribution is -2.45. The van der Waals surface area contributed by atoms with Crippen molar-refractivity contribution in [3.05, 3.63) is 90.4 Å². The summed E-state index contributed by atoms with van der Waals surface area (Å²) in [4.78, 5) is 38.2. The molecule has 1 saturated heterocycles. The third-order valence-electron chi connectivity index (χ3n) is 6.36. The first kappa shape index (κ1) is 24.6. The molecule has 0 radical (unpaired) electrons. The summed E-state index contributed by atoms with van der Waals surface area (Å²) in [5.74, 6) is 0.304. The molecule has 196 valence electrons. The zero-order valence-electron chi connectivity index (χ0n) is 20.6. The van der Waals surface area contributed by atoms with Crippen LogP contribution in [0.25, 0.3) is 0 Å². The van der Waals surface area contributed by atoms with Crippen LogP contribution in [0.5, 0.6) is 0 Å². The van der Waals surface area contributed by atoms with Crippen molar-refractivity contribution in [2.24, 2.45) is 0 Å². The van der Waals surface area contributed by atoms with E-state index in [-0.39, 0.29) is 35.6 Å². The number of ether oxygens (including phenoxy) is 1. The number of nitrogens with zero attached hydrogens (tertiary/aromatic N) is 6. The van der Waals surface area contributed by atoms with Crippen LogP contribution in [0.4, 0.5) is 39.3 Å². The molecule has 2 aliphatic rings. The fraction of sp³-hybridized carbons (Fsp3) is 0.148. The fourth-order valence-electron chi connectivity index (χ4n) is 4.31. The molecule has 11 nitrogen and oxygen atoms in total. The highest BCUT2D eigenvalue weighted by Crippen LogP contribution is 2.37. The molecule has 0 bridgehead atoms. The first-order valence-corrected chi connectivity index (χ1v) is 12.5. The lowest BCUT2D eigenvalue weighted by atomic mass is 10.1. The molecule has 2 aliphatic heterocycles. The Morgan fingerprint density at radius 1 is 1.13 bits per heavy atom. The van der Waals surface area contributed by atoms with E-state index in [1.165, 1.54) is 11.0 Å². The second-order valence-electron chi connectivity index (χ2n) is 8.96. The Balaban J connectivity index is 1.39. The van der Waals surface area contributed by atoms with E-state index in [9.17, 15) is 9.59 Å². The Morgan fingerprint density at radius 2 is 1.92 bits per heavy atom. The number of fused-ring (bicyclic) bond motifs is 1. The molecule has 6 rings (SSSR count). The lowest BCUT2D eigenvalue weighted by Gasteiger charge is -2.36. The van der Waals surface area contributed by atoms with E-state index in [1.807, 2.05) is 30.3 Å². The number of halogens is 1. The number of anilines is 6. The van der Waals surface area contributed by atoms with Crippen LogP contribution >= 0.6 is 11.6 Å². The molecule has 2 aromatic carbocycles. The van der Waals surface area contributed by atoms with Crippen LogP contribution in [0.3, 0.4) is 0 Å². The largest absolute Gasteiger partial charge is 0.377 e. The predicted molar refractivity (Wildman–Crippen MR) is 148 cm³/mol. The first-order chi connectivity index (χ1) is 19.0. The number of para-hydroxylation sites is 1. The minimum atomic E-state index is -0.358. The Labute approximate surface area is 228 Å². The highest BCUT2D eigenvalue weighted by molar-refractivity contribution is 6.32. The van der Waals surface area contributed by atoms with Gasteiger partial charge in [0.05, 0.1) is 43.4 Å². The number of hydrogen-bond donors (Lipinski definition) is 2. The van der Waals surface area contributed by atoms with Crippen molar-refractivity contribution < 1.29 is 14.3 Å². The number of amides is 3. The van der Waals surface area contributed by atoms with Gasteiger partial charge in [-0.3, -0.25) is 14.4 Å². The van der Waals surface area contributed by atoms with Gasteiger partial charge in [0.25, 0.3) is 0 Å². The average Bonchev–Trinajstić information content (AvgIpc) is 3.26. The van der Waals surface area contributed by atoms with E-state index in [2.05, 4.69) is 27.3 Å². The van der Waals surface area contributed by atoms with Crippen molar-refractivity contribution >= 4 is 58.1 Å². The number of carbonyl (C=O) groups excluding carboxylic acids is 2. The third kappa shape index (κ3) is 4.80. The number of carbonyl (C=O) groups is 2. The van der Waals surface area contributed by atoms with Crippen molar-refractivity contribution in [2.75, 3.05) is 33.6 Å². The molecule has 4 aromatic rings. The van der Waals surface area contributed by atoms with Gasteiger partial charge in [0.15, 0.2) is 11.0 Å². The van der Waals surface area contributed by atoms with Crippen molar-refractivity contribution in [1.29, 1.82) is 0 Å². The topological polar surface area (TPSA) is 118 Å². The molecule has 39 heavy (non-hydrogen) atoms. The number of nitrogens with one attached hydrogen (secondary N) is 2. The molecule has 2 aromatic heterocycles. The maximum absolute atomic E-state index is 13.9. The van der Waals surface area contributed by atoms with Gasteiger partial charge in [0.1, 0.15) is 0 Å². The van der Waals surface area contributed by atoms with Crippen molar-refractivity contribution in [3.63, 3.8) is 0 Å². The van der Waals surface area contributed by atoms with Gasteiger partial charge in [-0.1, -0.05) is 42.4 Å². The molecule has 0 aliphatic carbocycles. The minimum absolute atomic E-state index is 0.133. The van der Waals surface area contributed by atoms with E-state index < -0.39 is 0 Å². The van der Waals surface area contributed by atoms with Crippen LogP contribution in [0.15, 0.2) is 79.6 Å². The van der Waals surface area contributed by atoms with E-state index in [0.717, 1.165) is 11.3 Å². The SMILES string of the molecule is C=CC(=O)Nc1cccc(N2C(=O)N(c3ccccc3)Cc3cnc(Nc4cn(C5COC5)nc4Cl)nc32)c1. The number of aromatic nitrogens is 4. The quantitative estimate of drug-likeness (QED) is 0.314. The van der Waals surface area contributed by atoms with Crippen molar-refractivity contribution in [2.45, 2.75) is 12.6 Å². The molecule has 0 saturated carbocycles. The Morgan fingerprint density at radius 3 is 2.67 bits per heavy atom. The fourth-order valence-corrected chi connectivity index (χ4v) is 4.49. The summed E-state index contributed by atoms with van der Waals surface area (Å²) in [5, 5.41) is 10.5. The zero-order valence-corrected chi connectivity index (χ0v) is 21.4. The van der Waals surface area contributed by atoms with E-state index in [0.29, 0.717) is 36.1 Å². The molecule has 4 heterocycles. The Kier molecular flexibility index (Phi) is 6.43. The Bertz CT molecular complexity index is 1570. The summed E-state index contributed by atoms with van der Waals surface area (Å²) in [6.07, 6.45) is 4.65. The molecule has 2 N–H and O–H groups in total. The molecule has 12 heteroatoms. The first-order valence-electron chi connectivity index (χ1n) is 12.2. The van der Waals surface area contributed by atoms with Gasteiger partial charge < -0.3 is 15.4 Å². The van der Waals surface area contributed by atoms with Gasteiger partial charge in [-0.15, -0.1) is 0 Å². The van der Waals surface area contributed by atoms with Gasteiger partial charge in [-0.2, -0.15) is 10.1 Å². The number of hydrogen-bond acceptors (Lipinski definition) is 7. The van der Waals surface area contributed by atoms with Crippen molar-refractivity contribution in [3.8, 4) is 0 Å². The van der Waals surface area contributed by atoms with E-state index in [1.54, 1.807) is 46.2 Å². The Hall–Kier alpha value is -4.74. The molecule has 1 fully saturated rings. The summed E-state index contributed by atoms with van der Waals surface area (Å²) in [7, 11) is 0. The normalized spacial score (nSPS) is 14.9. The van der Waals surface area contributed by atoms with Gasteiger partial charge >= 0.3 is 6.03 Å². The zero-order chi connectivity index (χ0) is 26.9. The minimum Gasteiger partial charge on any atom is -0.377 e. The van der Waals surface area contributed by atoms with Crippen LogP contribution in [-0.2, 0) is 16.1 Å². The molecule has 3 amide bonds. The van der Waals surface area contributed by atoms with Gasteiger partial charge in [0, 0.05) is 23.1 Å². The smallest absolute Gasteiger partial charge is 0.335 e. The third-order valence-corrected chi connectivity index (χ3v) is 6.64. The monoisotopic (exact) mass is 542 g/mol. The van der Waals surface area contributed by atoms with E-state index >= 15 is 0 Å². The second-order valence-corrected chi connectivity index (χ2v) is 9.31. The average molecular weight is 543 g/mol. The van der Waals surface area contributed by atoms with Gasteiger partial charge in [0.2, 0.25) is 11.9 Å². The summed E-state index contributed by atoms with van der Waals surface area (Å²) >= 11 is 6.37. The van der Waals surface area contributed by atoms with Crippen molar-refractivity contribution in [1.82, 2.24) is 19.7 Å². The van der Waals surface area contributed by atoms with Gasteiger partial charge in [-0.05, 0) is 36.4 Å². The van der Waals surface area contributed by atoms with Gasteiger partial charge in [-0.25, -0.2) is 14.7 Å². The molecule has 0 unspecified atom stereocenters. The highest BCUT2D eigenvalue weighted by Gasteiger charge is 2.34. The summed E-state index contributed by atoms with van der Waals surface area (Å²) in [6, 6.07) is 16.2. The van der Waals surface area contributed by atoms with Crippen LogP contribution in [0, 0.1) is 0 Å². The van der Waals surface area contributed by atoms with E-state index in [4.69, 9.17) is 21.3 Å². The number of benzene rings is 2. The maximum atomic E-state index is 13.9. The maximum Gasteiger partial charge on any atom is 0.335 e. The highest BCUT2D eigenvalue weighted by atomic mass is 35.5. The van der Waals surface area contributed by atoms with Crippen LogP contribution in [0.1, 0.15) is 11.6 Å². The lowest BCUT2D eigenvalue weighted by molar-refractivity contribution is -0.111. The molecular weight excluding hydrogens is 520 g/mol. The molecular formula is C27H23ClN8O3. The number of urea groups is 1. The summed E-state index contributed by atoms with van der Waals surface area (Å²) < 4.78 is 6.99. The standard InChI is InChI=1S/C27H23ClN8O3/c1-2-23(37)30-18-7-6-10-20(11-18)36-25-17(13-34(27(36)38)19-8-4-3-5-9-19)12-29-26(32-25)31-22-14-35(33-24(22)28)21-15-39-16-21/h2-12,14,21H,1,13,15-16H2,(H,30,37)(H,29,31,32). The summed E-state index contributed by atoms with van der Waals surface area (Å²) in [5.41, 5.74) is 3.03. The molecule has 0 spiro atoms. The van der Waals surface area contributed by atoms with Crippen LogP contribution in [-0.4, -0.2) is 44.9 Å². The predicted octanol–water partition coefficient (Wildman–Crippen LogP) is 5.04. The van der Waals surface area contributed by atoms with Crippen LogP contribution in [0.2, 0.25) is 5.15 Å². The van der Waals surface area contributed by atoms with Crippen LogP contribution < -0.4 is 20.4 Å². The summed E-state index contributed by atoms with van der Waals surface area (Å²) in [6.45, 7) is 4.93. The number of rotatable bonds is 7.